The van der Waals surface area contributed by atoms with Gasteiger partial charge in [-0.2, -0.15) is 0 Å². The molecule has 1 heterocycles. The Labute approximate surface area is 185 Å². The smallest absolute Gasteiger partial charge is 0.230 e. The number of aromatic nitrogens is 3. The second-order valence-electron chi connectivity index (χ2n) is 7.93. The van der Waals surface area contributed by atoms with E-state index in [1.54, 1.807) is 0 Å². The zero-order valence-corrected chi connectivity index (χ0v) is 18.2. The minimum Gasteiger partial charge on any atom is -0.349 e. The van der Waals surface area contributed by atoms with Crippen molar-refractivity contribution in [1.82, 2.24) is 20.1 Å². The molecule has 5 nitrogen and oxygen atoms in total. The minimum atomic E-state index is -0.0757. The van der Waals surface area contributed by atoms with Crippen molar-refractivity contribution >= 4 is 28.4 Å². The Morgan fingerprint density at radius 1 is 1.03 bits per heavy atom. The summed E-state index contributed by atoms with van der Waals surface area (Å²) in [4.78, 5) is 12.7. The Hall–Kier alpha value is -3.12. The second-order valence-corrected chi connectivity index (χ2v) is 8.87. The fraction of sp³-hybridized carbons (Fsp3) is 0.240. The molecule has 0 saturated heterocycles. The molecule has 1 aromatic heterocycles. The van der Waals surface area contributed by atoms with Gasteiger partial charge in [0, 0.05) is 11.6 Å². The van der Waals surface area contributed by atoms with E-state index in [0.29, 0.717) is 11.7 Å². The van der Waals surface area contributed by atoms with Crippen molar-refractivity contribution in [1.29, 1.82) is 0 Å². The zero-order chi connectivity index (χ0) is 21.2. The number of amides is 1. The Bertz CT molecular complexity index is 1210. The van der Waals surface area contributed by atoms with Crippen molar-refractivity contribution in [3.8, 4) is 5.69 Å². The number of rotatable bonds is 7. The molecule has 4 aromatic rings. The van der Waals surface area contributed by atoms with Gasteiger partial charge in [-0.05, 0) is 48.2 Å². The van der Waals surface area contributed by atoms with Crippen LogP contribution < -0.4 is 5.32 Å². The maximum absolute atomic E-state index is 12.7. The molecule has 1 unspecified atom stereocenters. The van der Waals surface area contributed by atoms with Crippen molar-refractivity contribution in [2.24, 2.45) is 0 Å². The molecule has 1 aliphatic carbocycles. The van der Waals surface area contributed by atoms with Gasteiger partial charge in [-0.1, -0.05) is 72.4 Å². The standard InChI is InChI=1S/C25H24N4OS/c1-17(21-13-7-9-18-8-5-6-12-22(18)21)26-23(30)16-31-25-28-27-24(19-14-15-19)29(25)20-10-3-2-4-11-20/h2-13,17,19H,14-16H2,1H3,(H,26,30). The molecule has 156 valence electrons. The van der Waals surface area contributed by atoms with Crippen molar-refractivity contribution < 1.29 is 4.79 Å². The Morgan fingerprint density at radius 3 is 2.58 bits per heavy atom. The zero-order valence-electron chi connectivity index (χ0n) is 17.4. The number of carbonyl (C=O) groups excluding carboxylic acids is 1. The normalized spacial score (nSPS) is 14.5. The summed E-state index contributed by atoms with van der Waals surface area (Å²) < 4.78 is 2.10. The molecule has 0 spiro atoms. The molecule has 0 bridgehead atoms. The summed E-state index contributed by atoms with van der Waals surface area (Å²) >= 11 is 1.43. The van der Waals surface area contributed by atoms with Crippen LogP contribution in [0.2, 0.25) is 0 Å². The SMILES string of the molecule is CC(NC(=O)CSc1nnc(C2CC2)n1-c1ccccc1)c1cccc2ccccc12. The first-order valence-corrected chi connectivity index (χ1v) is 11.6. The van der Waals surface area contributed by atoms with E-state index < -0.39 is 0 Å². The van der Waals surface area contributed by atoms with Gasteiger partial charge in [0.1, 0.15) is 5.82 Å². The van der Waals surface area contributed by atoms with Crippen LogP contribution in [-0.2, 0) is 4.79 Å². The summed E-state index contributed by atoms with van der Waals surface area (Å²) in [7, 11) is 0. The predicted molar refractivity (Wildman–Crippen MR) is 125 cm³/mol. The number of para-hydroxylation sites is 1. The number of nitrogens with zero attached hydrogens (tertiary/aromatic N) is 3. The molecule has 0 radical (unpaired) electrons. The van der Waals surface area contributed by atoms with E-state index in [9.17, 15) is 4.79 Å². The van der Waals surface area contributed by atoms with Gasteiger partial charge in [0.2, 0.25) is 5.91 Å². The molecule has 1 fully saturated rings. The Balaban J connectivity index is 1.30. The summed E-state index contributed by atoms with van der Waals surface area (Å²) in [6, 6.07) is 24.5. The third-order valence-electron chi connectivity index (χ3n) is 5.62. The van der Waals surface area contributed by atoms with Gasteiger partial charge in [-0.15, -0.1) is 10.2 Å². The largest absolute Gasteiger partial charge is 0.349 e. The lowest BCUT2D eigenvalue weighted by Crippen LogP contribution is -2.28. The lowest BCUT2D eigenvalue weighted by Gasteiger charge is -2.16. The average Bonchev–Trinajstić information content (AvgIpc) is 3.57. The Morgan fingerprint density at radius 2 is 1.77 bits per heavy atom. The lowest BCUT2D eigenvalue weighted by molar-refractivity contribution is -0.119. The number of carbonyl (C=O) groups is 1. The van der Waals surface area contributed by atoms with Crippen LogP contribution in [0.1, 0.15) is 43.1 Å². The first kappa shape index (κ1) is 19.8. The van der Waals surface area contributed by atoms with Crippen molar-refractivity contribution in [2.45, 2.75) is 36.9 Å². The molecule has 5 rings (SSSR count). The molecule has 1 aliphatic rings. The van der Waals surface area contributed by atoms with E-state index in [1.807, 2.05) is 43.3 Å². The first-order chi connectivity index (χ1) is 15.2. The van der Waals surface area contributed by atoms with Crippen molar-refractivity contribution in [3.05, 3.63) is 84.2 Å². The predicted octanol–water partition coefficient (Wildman–Crippen LogP) is 5.27. The molecule has 0 aliphatic heterocycles. The van der Waals surface area contributed by atoms with E-state index >= 15 is 0 Å². The van der Waals surface area contributed by atoms with Crippen LogP contribution in [0.25, 0.3) is 16.5 Å². The molecule has 31 heavy (non-hydrogen) atoms. The average molecular weight is 429 g/mol. The summed E-state index contributed by atoms with van der Waals surface area (Å²) in [5.74, 6) is 1.76. The Kier molecular flexibility index (Phi) is 5.47. The number of nitrogens with one attached hydrogen (secondary N) is 1. The summed E-state index contributed by atoms with van der Waals surface area (Å²) in [5.41, 5.74) is 2.17. The summed E-state index contributed by atoms with van der Waals surface area (Å²) in [5, 5.41) is 15.1. The second kappa shape index (κ2) is 8.55. The fourth-order valence-corrected chi connectivity index (χ4v) is 4.69. The van der Waals surface area contributed by atoms with E-state index in [0.717, 1.165) is 35.1 Å². The highest BCUT2D eigenvalue weighted by Gasteiger charge is 2.31. The van der Waals surface area contributed by atoms with E-state index in [-0.39, 0.29) is 11.9 Å². The third-order valence-corrected chi connectivity index (χ3v) is 6.54. The van der Waals surface area contributed by atoms with E-state index in [4.69, 9.17) is 0 Å². The highest BCUT2D eigenvalue weighted by atomic mass is 32.2. The molecule has 1 amide bonds. The lowest BCUT2D eigenvalue weighted by atomic mass is 10.00. The van der Waals surface area contributed by atoms with Crippen LogP contribution in [0.15, 0.2) is 78.0 Å². The summed E-state index contributed by atoms with van der Waals surface area (Å²) in [6.45, 7) is 2.03. The molecule has 6 heteroatoms. The van der Waals surface area contributed by atoms with Crippen LogP contribution in [0.4, 0.5) is 0 Å². The van der Waals surface area contributed by atoms with Gasteiger partial charge in [-0.3, -0.25) is 9.36 Å². The first-order valence-electron chi connectivity index (χ1n) is 10.6. The van der Waals surface area contributed by atoms with Crippen LogP contribution in [0, 0.1) is 0 Å². The highest BCUT2D eigenvalue weighted by molar-refractivity contribution is 7.99. The van der Waals surface area contributed by atoms with Crippen molar-refractivity contribution in [2.75, 3.05) is 5.75 Å². The number of benzene rings is 3. The number of hydrogen-bond acceptors (Lipinski definition) is 4. The van der Waals surface area contributed by atoms with Gasteiger partial charge >= 0.3 is 0 Å². The molecular weight excluding hydrogens is 404 g/mol. The fourth-order valence-electron chi connectivity index (χ4n) is 3.92. The van der Waals surface area contributed by atoms with Gasteiger partial charge in [0.15, 0.2) is 5.16 Å². The maximum atomic E-state index is 12.7. The van der Waals surface area contributed by atoms with E-state index in [1.165, 1.54) is 22.5 Å². The van der Waals surface area contributed by atoms with Crippen LogP contribution in [0.5, 0.6) is 0 Å². The van der Waals surface area contributed by atoms with Crippen LogP contribution >= 0.6 is 11.8 Å². The van der Waals surface area contributed by atoms with Gasteiger partial charge in [0.05, 0.1) is 11.8 Å². The monoisotopic (exact) mass is 428 g/mol. The number of thioether (sulfide) groups is 1. The maximum Gasteiger partial charge on any atom is 0.230 e. The molecule has 1 saturated carbocycles. The van der Waals surface area contributed by atoms with Gasteiger partial charge < -0.3 is 5.32 Å². The van der Waals surface area contributed by atoms with Crippen molar-refractivity contribution in [3.63, 3.8) is 0 Å². The molecule has 3 aromatic carbocycles. The topological polar surface area (TPSA) is 59.8 Å². The van der Waals surface area contributed by atoms with E-state index in [2.05, 4.69) is 56.5 Å². The van der Waals surface area contributed by atoms with Crippen LogP contribution in [0.3, 0.4) is 0 Å². The molecular formula is C25H24N4OS. The summed E-state index contributed by atoms with van der Waals surface area (Å²) in [6.07, 6.45) is 2.30. The third kappa shape index (κ3) is 4.21. The van der Waals surface area contributed by atoms with Crippen LogP contribution in [-0.4, -0.2) is 26.4 Å². The van der Waals surface area contributed by atoms with Gasteiger partial charge in [-0.25, -0.2) is 0 Å². The minimum absolute atomic E-state index is 0.0129. The molecule has 1 N–H and O–H groups in total. The van der Waals surface area contributed by atoms with Gasteiger partial charge in [0.25, 0.3) is 0 Å². The highest BCUT2D eigenvalue weighted by Crippen LogP contribution is 2.41. The number of hydrogen-bond donors (Lipinski definition) is 1. The quantitative estimate of drug-likeness (QED) is 0.408. The number of fused-ring (bicyclic) bond motifs is 1. The molecule has 1 atom stereocenters.